The predicted molar refractivity (Wildman–Crippen MR) is 64.0 cm³/mol. The van der Waals surface area contributed by atoms with Crippen LogP contribution in [0.5, 0.6) is 0 Å². The van der Waals surface area contributed by atoms with Crippen LogP contribution in [-0.4, -0.2) is 5.78 Å². The maximum Gasteiger partial charge on any atom is 0.194 e. The standard InChI is InChI=1S/C14H17F3O/c1-3-5-9(6-4-2)14(18)10-7-11(15)13(17)12(16)8-10/h7-9H,3-6H2,1-2H3. The highest BCUT2D eigenvalue weighted by molar-refractivity contribution is 5.97. The third-order valence-corrected chi connectivity index (χ3v) is 2.91. The minimum absolute atomic E-state index is 0.0849. The average molecular weight is 258 g/mol. The number of halogens is 3. The molecular formula is C14H17F3O. The lowest BCUT2D eigenvalue weighted by Gasteiger charge is -2.14. The van der Waals surface area contributed by atoms with Crippen LogP contribution in [-0.2, 0) is 0 Å². The zero-order chi connectivity index (χ0) is 13.7. The summed E-state index contributed by atoms with van der Waals surface area (Å²) in [6, 6.07) is 1.55. The third kappa shape index (κ3) is 3.34. The van der Waals surface area contributed by atoms with Crippen LogP contribution in [0.4, 0.5) is 13.2 Å². The van der Waals surface area contributed by atoms with Crippen LogP contribution < -0.4 is 0 Å². The third-order valence-electron chi connectivity index (χ3n) is 2.91. The second kappa shape index (κ2) is 6.57. The second-order valence-corrected chi connectivity index (χ2v) is 4.39. The average Bonchev–Trinajstić information content (AvgIpc) is 2.34. The fraction of sp³-hybridized carbons (Fsp3) is 0.500. The van der Waals surface area contributed by atoms with E-state index in [1.54, 1.807) is 0 Å². The molecule has 100 valence electrons. The minimum atomic E-state index is -1.53. The van der Waals surface area contributed by atoms with Gasteiger partial charge < -0.3 is 0 Å². The van der Waals surface area contributed by atoms with Crippen molar-refractivity contribution in [3.05, 3.63) is 35.1 Å². The van der Waals surface area contributed by atoms with Gasteiger partial charge in [-0.25, -0.2) is 13.2 Å². The molecule has 18 heavy (non-hydrogen) atoms. The van der Waals surface area contributed by atoms with Gasteiger partial charge in [-0.2, -0.15) is 0 Å². The lowest BCUT2D eigenvalue weighted by atomic mass is 9.90. The second-order valence-electron chi connectivity index (χ2n) is 4.39. The van der Waals surface area contributed by atoms with Crippen molar-refractivity contribution in [1.82, 2.24) is 0 Å². The summed E-state index contributed by atoms with van der Waals surface area (Å²) in [6.07, 6.45) is 2.99. The van der Waals surface area contributed by atoms with E-state index in [1.165, 1.54) is 0 Å². The number of carbonyl (C=O) groups is 1. The first-order valence-electron chi connectivity index (χ1n) is 6.20. The quantitative estimate of drug-likeness (QED) is 0.542. The highest BCUT2D eigenvalue weighted by atomic mass is 19.2. The van der Waals surface area contributed by atoms with Gasteiger partial charge in [0, 0.05) is 11.5 Å². The normalized spacial score (nSPS) is 11.0. The van der Waals surface area contributed by atoms with Gasteiger partial charge in [0.05, 0.1) is 0 Å². The smallest absolute Gasteiger partial charge is 0.194 e. The summed E-state index contributed by atoms with van der Waals surface area (Å²) < 4.78 is 38.9. The molecule has 0 heterocycles. The van der Waals surface area contributed by atoms with Gasteiger partial charge in [-0.05, 0) is 25.0 Å². The van der Waals surface area contributed by atoms with Gasteiger partial charge >= 0.3 is 0 Å². The monoisotopic (exact) mass is 258 g/mol. The molecule has 0 bridgehead atoms. The number of benzene rings is 1. The number of hydrogen-bond donors (Lipinski definition) is 0. The van der Waals surface area contributed by atoms with E-state index in [0.29, 0.717) is 12.8 Å². The number of Topliss-reactive ketones (excluding diaryl/α,β-unsaturated/α-hetero) is 1. The van der Waals surface area contributed by atoms with Crippen LogP contribution in [0.25, 0.3) is 0 Å². The predicted octanol–water partition coefficient (Wildman–Crippen LogP) is 4.50. The molecule has 0 N–H and O–H groups in total. The first-order chi connectivity index (χ1) is 8.51. The minimum Gasteiger partial charge on any atom is -0.294 e. The number of ketones is 1. The molecule has 0 unspecified atom stereocenters. The SMILES string of the molecule is CCCC(CCC)C(=O)c1cc(F)c(F)c(F)c1. The van der Waals surface area contributed by atoms with Crippen molar-refractivity contribution >= 4 is 5.78 Å². The largest absolute Gasteiger partial charge is 0.294 e. The van der Waals surface area contributed by atoms with Crippen molar-refractivity contribution in [3.8, 4) is 0 Å². The van der Waals surface area contributed by atoms with E-state index in [0.717, 1.165) is 25.0 Å². The summed E-state index contributed by atoms with van der Waals surface area (Å²) in [5, 5.41) is 0. The molecule has 1 nitrogen and oxygen atoms in total. The Morgan fingerprint density at radius 2 is 1.50 bits per heavy atom. The molecule has 0 saturated heterocycles. The van der Waals surface area contributed by atoms with E-state index in [-0.39, 0.29) is 17.3 Å². The maximum atomic E-state index is 13.1. The lowest BCUT2D eigenvalue weighted by Crippen LogP contribution is -2.15. The molecule has 0 radical (unpaired) electrons. The van der Waals surface area contributed by atoms with Crippen LogP contribution in [0, 0.1) is 23.4 Å². The van der Waals surface area contributed by atoms with Gasteiger partial charge in [0.1, 0.15) is 0 Å². The van der Waals surface area contributed by atoms with Gasteiger partial charge in [0.2, 0.25) is 0 Å². The first kappa shape index (κ1) is 14.7. The molecule has 0 aliphatic rings. The van der Waals surface area contributed by atoms with E-state index in [9.17, 15) is 18.0 Å². The zero-order valence-corrected chi connectivity index (χ0v) is 10.6. The van der Waals surface area contributed by atoms with Crippen LogP contribution >= 0.6 is 0 Å². The van der Waals surface area contributed by atoms with Crippen LogP contribution in [0.3, 0.4) is 0 Å². The van der Waals surface area contributed by atoms with Crippen molar-refractivity contribution < 1.29 is 18.0 Å². The Morgan fingerprint density at radius 3 is 1.89 bits per heavy atom. The molecule has 0 aliphatic heterocycles. The van der Waals surface area contributed by atoms with E-state index in [2.05, 4.69) is 0 Å². The summed E-state index contributed by atoms with van der Waals surface area (Å²) >= 11 is 0. The number of rotatable bonds is 6. The Hall–Kier alpha value is -1.32. The molecule has 0 amide bonds. The van der Waals surface area contributed by atoms with Crippen molar-refractivity contribution in [1.29, 1.82) is 0 Å². The number of hydrogen-bond acceptors (Lipinski definition) is 1. The summed E-state index contributed by atoms with van der Waals surface area (Å²) in [5.74, 6) is -4.72. The van der Waals surface area contributed by atoms with Crippen molar-refractivity contribution in [2.24, 2.45) is 5.92 Å². The van der Waals surface area contributed by atoms with Crippen LogP contribution in [0.2, 0.25) is 0 Å². The lowest BCUT2D eigenvalue weighted by molar-refractivity contribution is 0.0903. The Bertz CT molecular complexity index is 400. The zero-order valence-electron chi connectivity index (χ0n) is 10.6. The molecule has 1 aromatic carbocycles. The topological polar surface area (TPSA) is 17.1 Å². The first-order valence-corrected chi connectivity index (χ1v) is 6.20. The Morgan fingerprint density at radius 1 is 1.06 bits per heavy atom. The van der Waals surface area contributed by atoms with E-state index in [1.807, 2.05) is 13.8 Å². The molecule has 4 heteroatoms. The summed E-state index contributed by atoms with van der Waals surface area (Å²) in [4.78, 5) is 12.1. The van der Waals surface area contributed by atoms with Crippen LogP contribution in [0.1, 0.15) is 49.9 Å². The molecular weight excluding hydrogens is 241 g/mol. The van der Waals surface area contributed by atoms with Gasteiger partial charge in [0.25, 0.3) is 0 Å². The summed E-state index contributed by atoms with van der Waals surface area (Å²) in [6.45, 7) is 3.89. The van der Waals surface area contributed by atoms with Crippen molar-refractivity contribution in [2.75, 3.05) is 0 Å². The van der Waals surface area contributed by atoms with E-state index >= 15 is 0 Å². The fourth-order valence-corrected chi connectivity index (χ4v) is 2.04. The van der Waals surface area contributed by atoms with Gasteiger partial charge in [-0.15, -0.1) is 0 Å². The van der Waals surface area contributed by atoms with Crippen LogP contribution in [0.15, 0.2) is 12.1 Å². The Balaban J connectivity index is 3.01. The molecule has 0 fully saturated rings. The molecule has 0 aromatic heterocycles. The van der Waals surface area contributed by atoms with E-state index in [4.69, 9.17) is 0 Å². The maximum absolute atomic E-state index is 13.1. The van der Waals surface area contributed by atoms with Crippen molar-refractivity contribution in [2.45, 2.75) is 39.5 Å². The molecule has 1 rings (SSSR count). The molecule has 0 atom stereocenters. The van der Waals surface area contributed by atoms with E-state index < -0.39 is 17.5 Å². The highest BCUT2D eigenvalue weighted by Gasteiger charge is 2.21. The highest BCUT2D eigenvalue weighted by Crippen LogP contribution is 2.22. The molecule has 0 aliphatic carbocycles. The van der Waals surface area contributed by atoms with Gasteiger partial charge in [0.15, 0.2) is 23.2 Å². The fourth-order valence-electron chi connectivity index (χ4n) is 2.04. The van der Waals surface area contributed by atoms with Gasteiger partial charge in [-0.1, -0.05) is 26.7 Å². The van der Waals surface area contributed by atoms with Crippen molar-refractivity contribution in [3.63, 3.8) is 0 Å². The number of carbonyl (C=O) groups excluding carboxylic acids is 1. The Kier molecular flexibility index (Phi) is 5.38. The Labute approximate surface area is 105 Å². The summed E-state index contributed by atoms with van der Waals surface area (Å²) in [5.41, 5.74) is -0.0849. The molecule has 0 saturated carbocycles. The molecule has 1 aromatic rings. The van der Waals surface area contributed by atoms with Gasteiger partial charge in [-0.3, -0.25) is 4.79 Å². The summed E-state index contributed by atoms with van der Waals surface area (Å²) in [7, 11) is 0. The molecule has 0 spiro atoms.